The maximum atomic E-state index is 9.50. The summed E-state index contributed by atoms with van der Waals surface area (Å²) in [6.07, 6.45) is 1.95. The Morgan fingerprint density at radius 1 is 1.09 bits per heavy atom. The van der Waals surface area contributed by atoms with Crippen molar-refractivity contribution in [2.45, 2.75) is 0 Å². The lowest BCUT2D eigenvalue weighted by Crippen LogP contribution is -1.61. The molecule has 1 N–H and O–H groups in total. The van der Waals surface area contributed by atoms with Gasteiger partial charge >= 0.3 is 0 Å². The van der Waals surface area contributed by atoms with E-state index in [4.69, 9.17) is 0 Å². The van der Waals surface area contributed by atoms with E-state index in [2.05, 4.69) is 23.2 Å². The van der Waals surface area contributed by atoms with E-state index in [1.807, 2.05) is 18.3 Å². The first kappa shape index (κ1) is 7.79. The maximum absolute atomic E-state index is 9.50. The van der Waals surface area contributed by atoms with Gasteiger partial charge in [0.1, 0.15) is 0 Å². The number of fused-ring (bicyclic) bond motifs is 1. The second-order valence-electron chi connectivity index (χ2n) is 2.06. The first-order valence-electron chi connectivity index (χ1n) is 3.37. The molecule has 0 fully saturated rings. The number of alkyl halides is 1. The molecule has 2 aromatic rings. The molecule has 1 heterocycles. The smallest absolute Gasteiger partial charge is 0.0785 e. The number of aromatic amines is 1. The Balaban J connectivity index is 0.000000281. The van der Waals surface area contributed by atoms with Crippen molar-refractivity contribution in [3.8, 4) is 0 Å². The first-order chi connectivity index (χ1) is 5.47. The van der Waals surface area contributed by atoms with Gasteiger partial charge in [0.05, 0.1) is 7.18 Å². The van der Waals surface area contributed by atoms with Crippen LogP contribution in [0.15, 0.2) is 36.5 Å². The van der Waals surface area contributed by atoms with Gasteiger partial charge in [0.2, 0.25) is 0 Å². The zero-order chi connectivity index (χ0) is 8.10. The molecule has 1 nitrogen and oxygen atoms in total. The van der Waals surface area contributed by atoms with E-state index in [0.717, 1.165) is 0 Å². The zero-order valence-electron chi connectivity index (χ0n) is 6.34. The Kier molecular flexibility index (Phi) is 2.66. The molecular weight excluding hydrogens is 141 g/mol. The van der Waals surface area contributed by atoms with Crippen LogP contribution in [0.3, 0.4) is 0 Å². The average molecular weight is 151 g/mol. The van der Waals surface area contributed by atoms with Crippen LogP contribution in [0.1, 0.15) is 0 Å². The van der Waals surface area contributed by atoms with Crippen LogP contribution in [0, 0.1) is 0 Å². The molecule has 0 amide bonds. The summed E-state index contributed by atoms with van der Waals surface area (Å²) in [7, 11) is 0.500. The molecule has 2 rings (SSSR count). The van der Waals surface area contributed by atoms with Crippen molar-refractivity contribution in [3.05, 3.63) is 36.5 Å². The molecule has 0 aliphatic rings. The molecule has 0 bridgehead atoms. The van der Waals surface area contributed by atoms with Gasteiger partial charge in [-0.25, -0.2) is 0 Å². The third-order valence-electron chi connectivity index (χ3n) is 1.46. The van der Waals surface area contributed by atoms with Gasteiger partial charge in [-0.1, -0.05) is 18.2 Å². The highest BCUT2D eigenvalue weighted by Gasteiger charge is 1.86. The van der Waals surface area contributed by atoms with Crippen LogP contribution in [0.4, 0.5) is 4.39 Å². The number of aromatic nitrogens is 1. The molecule has 0 atom stereocenters. The molecular formula is C9H10FN. The fourth-order valence-corrected chi connectivity index (χ4v) is 0.995. The van der Waals surface area contributed by atoms with Gasteiger partial charge in [-0.3, -0.25) is 4.39 Å². The maximum Gasteiger partial charge on any atom is 0.0785 e. The van der Waals surface area contributed by atoms with Gasteiger partial charge in [0, 0.05) is 11.7 Å². The quantitative estimate of drug-likeness (QED) is 0.596. The summed E-state index contributed by atoms with van der Waals surface area (Å²) in [6, 6.07) is 10.3. The monoisotopic (exact) mass is 151 g/mol. The summed E-state index contributed by atoms with van der Waals surface area (Å²) >= 11 is 0. The second kappa shape index (κ2) is 3.76. The number of hydrogen-bond donors (Lipinski definition) is 1. The van der Waals surface area contributed by atoms with E-state index >= 15 is 0 Å². The number of benzene rings is 1. The lowest BCUT2D eigenvalue weighted by molar-refractivity contribution is 0.636. The molecule has 1 aromatic heterocycles. The highest BCUT2D eigenvalue weighted by atomic mass is 19.1. The van der Waals surface area contributed by atoms with E-state index in [1.165, 1.54) is 10.9 Å². The molecule has 0 unspecified atom stereocenters. The minimum absolute atomic E-state index is 0.500. The summed E-state index contributed by atoms with van der Waals surface area (Å²) in [4.78, 5) is 3.12. The lowest BCUT2D eigenvalue weighted by atomic mass is 10.3. The van der Waals surface area contributed by atoms with Gasteiger partial charge in [-0.05, 0) is 17.5 Å². The summed E-state index contributed by atoms with van der Waals surface area (Å²) in [6.45, 7) is 0. The topological polar surface area (TPSA) is 15.8 Å². The highest BCUT2D eigenvalue weighted by molar-refractivity contribution is 5.78. The van der Waals surface area contributed by atoms with Gasteiger partial charge < -0.3 is 4.98 Å². The minimum atomic E-state index is 0.500. The van der Waals surface area contributed by atoms with E-state index < -0.39 is 0 Å². The zero-order valence-corrected chi connectivity index (χ0v) is 6.34. The van der Waals surface area contributed by atoms with Gasteiger partial charge in [0.15, 0.2) is 0 Å². The summed E-state index contributed by atoms with van der Waals surface area (Å²) in [5.74, 6) is 0. The fraction of sp³-hybridized carbons (Fsp3) is 0.111. The molecule has 2 heteroatoms. The summed E-state index contributed by atoms with van der Waals surface area (Å²) in [5.41, 5.74) is 1.21. The van der Waals surface area contributed by atoms with Crippen molar-refractivity contribution in [1.82, 2.24) is 4.98 Å². The van der Waals surface area contributed by atoms with Gasteiger partial charge in [0.25, 0.3) is 0 Å². The number of rotatable bonds is 0. The molecule has 0 saturated heterocycles. The largest absolute Gasteiger partial charge is 0.361 e. The first-order valence-corrected chi connectivity index (χ1v) is 3.37. The van der Waals surface area contributed by atoms with Gasteiger partial charge in [-0.2, -0.15) is 0 Å². The van der Waals surface area contributed by atoms with Crippen molar-refractivity contribution in [1.29, 1.82) is 0 Å². The van der Waals surface area contributed by atoms with Crippen LogP contribution < -0.4 is 0 Å². The van der Waals surface area contributed by atoms with Crippen LogP contribution in [-0.2, 0) is 0 Å². The number of halogens is 1. The lowest BCUT2D eigenvalue weighted by Gasteiger charge is -1.83. The molecule has 0 aliphatic carbocycles. The molecule has 11 heavy (non-hydrogen) atoms. The molecule has 0 aliphatic heterocycles. The number of H-pyrrole nitrogens is 1. The highest BCUT2D eigenvalue weighted by Crippen LogP contribution is 2.09. The third-order valence-corrected chi connectivity index (χ3v) is 1.46. The van der Waals surface area contributed by atoms with E-state index in [9.17, 15) is 4.39 Å². The number of para-hydroxylation sites is 1. The predicted molar refractivity (Wildman–Crippen MR) is 45.3 cm³/mol. The van der Waals surface area contributed by atoms with Crippen molar-refractivity contribution in [3.63, 3.8) is 0 Å². The van der Waals surface area contributed by atoms with Crippen LogP contribution in [0.25, 0.3) is 10.9 Å². The van der Waals surface area contributed by atoms with Crippen molar-refractivity contribution >= 4 is 10.9 Å². The molecule has 58 valence electrons. The standard InChI is InChI=1S/C8H7N.CH3F/c1-2-4-8-7(3-1)5-6-9-8;1-2/h1-6,9H;1H3. The molecule has 0 spiro atoms. The minimum Gasteiger partial charge on any atom is -0.361 e. The Morgan fingerprint density at radius 2 is 1.82 bits per heavy atom. The molecule has 0 saturated carbocycles. The fourth-order valence-electron chi connectivity index (χ4n) is 0.995. The van der Waals surface area contributed by atoms with Crippen molar-refractivity contribution in [2.24, 2.45) is 0 Å². The average Bonchev–Trinajstić information content (AvgIpc) is 2.55. The predicted octanol–water partition coefficient (Wildman–Crippen LogP) is 2.75. The normalized spacial score (nSPS) is 8.91. The summed E-state index contributed by atoms with van der Waals surface area (Å²) < 4.78 is 9.50. The van der Waals surface area contributed by atoms with Crippen LogP contribution in [0.5, 0.6) is 0 Å². The number of hydrogen-bond acceptors (Lipinski definition) is 0. The molecule has 1 aromatic carbocycles. The SMILES string of the molecule is CF.c1ccc2[nH]ccc2c1. The van der Waals surface area contributed by atoms with Crippen molar-refractivity contribution in [2.75, 3.05) is 7.18 Å². The number of nitrogens with one attached hydrogen (secondary N) is 1. The Hall–Kier alpha value is -1.31. The Labute approximate surface area is 64.9 Å². The second-order valence-corrected chi connectivity index (χ2v) is 2.06. The van der Waals surface area contributed by atoms with E-state index in [-0.39, 0.29) is 0 Å². The Morgan fingerprint density at radius 3 is 2.55 bits per heavy atom. The van der Waals surface area contributed by atoms with Crippen molar-refractivity contribution < 1.29 is 4.39 Å². The van der Waals surface area contributed by atoms with Gasteiger partial charge in [-0.15, -0.1) is 0 Å². The van der Waals surface area contributed by atoms with Crippen LogP contribution in [0.2, 0.25) is 0 Å². The molecule has 0 radical (unpaired) electrons. The van der Waals surface area contributed by atoms with E-state index in [1.54, 1.807) is 0 Å². The van der Waals surface area contributed by atoms with Crippen LogP contribution in [-0.4, -0.2) is 12.2 Å². The summed E-state index contributed by atoms with van der Waals surface area (Å²) in [5, 5.41) is 1.28. The van der Waals surface area contributed by atoms with E-state index in [0.29, 0.717) is 7.18 Å². The Bertz CT molecular complexity index is 284. The third kappa shape index (κ3) is 1.58. The van der Waals surface area contributed by atoms with Crippen LogP contribution >= 0.6 is 0 Å².